The minimum atomic E-state index is -4.74. The van der Waals surface area contributed by atoms with Crippen molar-refractivity contribution in [2.24, 2.45) is 0 Å². The van der Waals surface area contributed by atoms with Crippen LogP contribution in [-0.2, 0) is 6.54 Å². The number of aromatic amines is 1. The van der Waals surface area contributed by atoms with Crippen molar-refractivity contribution in [3.63, 3.8) is 0 Å². The van der Waals surface area contributed by atoms with Gasteiger partial charge in [-0.3, -0.25) is 4.79 Å². The molecular formula is C20H16ClF3N2O2S. The number of hydrogen-bond acceptors (Lipinski definition) is 3. The number of nitrogens with zero attached hydrogens (tertiary/aromatic N) is 1. The number of pyridine rings is 1. The molecule has 0 spiro atoms. The van der Waals surface area contributed by atoms with Crippen LogP contribution in [-0.4, -0.2) is 26.9 Å². The molecule has 3 aromatic heterocycles. The summed E-state index contributed by atoms with van der Waals surface area (Å²) in [7, 11) is 0. The van der Waals surface area contributed by atoms with Gasteiger partial charge in [-0.1, -0.05) is 11.6 Å². The average Bonchev–Trinajstić information content (AvgIpc) is 3.15. The lowest BCUT2D eigenvalue weighted by molar-refractivity contribution is -0.207. The van der Waals surface area contributed by atoms with E-state index in [1.165, 1.54) is 22.0 Å². The highest BCUT2D eigenvalue weighted by molar-refractivity contribution is 7.15. The number of benzene rings is 1. The molecule has 29 heavy (non-hydrogen) atoms. The quantitative estimate of drug-likeness (QED) is 0.448. The molecule has 0 bridgehead atoms. The number of thiophene rings is 1. The van der Waals surface area contributed by atoms with Gasteiger partial charge in [0.1, 0.15) is 0 Å². The van der Waals surface area contributed by atoms with Gasteiger partial charge in [0, 0.05) is 27.2 Å². The van der Waals surface area contributed by atoms with Crippen LogP contribution < -0.4 is 5.56 Å². The van der Waals surface area contributed by atoms with Crippen molar-refractivity contribution in [3.8, 4) is 10.6 Å². The minimum absolute atomic E-state index is 0.222. The summed E-state index contributed by atoms with van der Waals surface area (Å²) in [5.74, 6) is 0. The first kappa shape index (κ1) is 20.0. The van der Waals surface area contributed by atoms with Crippen molar-refractivity contribution in [3.05, 3.63) is 56.1 Å². The molecule has 4 nitrogen and oxygen atoms in total. The smallest absolute Gasteiger partial charge is 0.382 e. The lowest BCUT2D eigenvalue weighted by Gasteiger charge is -2.18. The highest BCUT2D eigenvalue weighted by Gasteiger charge is 2.39. The predicted octanol–water partition coefficient (Wildman–Crippen LogP) is 5.40. The molecule has 2 N–H and O–H groups in total. The second-order valence-electron chi connectivity index (χ2n) is 6.92. The van der Waals surface area contributed by atoms with Crippen LogP contribution in [0.25, 0.3) is 32.4 Å². The Hall–Kier alpha value is -2.29. The predicted molar refractivity (Wildman–Crippen MR) is 110 cm³/mol. The Kier molecular flexibility index (Phi) is 4.76. The molecule has 0 aliphatic rings. The first-order valence-corrected chi connectivity index (χ1v) is 9.93. The molecule has 152 valence electrons. The maximum Gasteiger partial charge on any atom is 0.416 e. The summed E-state index contributed by atoms with van der Waals surface area (Å²) in [4.78, 5) is 16.3. The average molecular weight is 441 g/mol. The van der Waals surface area contributed by atoms with E-state index in [9.17, 15) is 23.1 Å². The molecule has 4 aromatic rings. The molecule has 9 heteroatoms. The van der Waals surface area contributed by atoms with Gasteiger partial charge in [-0.25, -0.2) is 0 Å². The molecule has 0 fully saturated rings. The van der Waals surface area contributed by atoms with Crippen LogP contribution in [0.2, 0.25) is 5.02 Å². The van der Waals surface area contributed by atoms with Crippen molar-refractivity contribution in [2.75, 3.05) is 0 Å². The number of halogens is 4. The van der Waals surface area contributed by atoms with Crippen LogP contribution in [0.5, 0.6) is 0 Å². The Morgan fingerprint density at radius 2 is 1.93 bits per heavy atom. The van der Waals surface area contributed by atoms with Gasteiger partial charge >= 0.3 is 6.18 Å². The Labute approximate surface area is 172 Å². The van der Waals surface area contributed by atoms with Gasteiger partial charge in [-0.2, -0.15) is 13.2 Å². The zero-order valence-corrected chi connectivity index (χ0v) is 17.0. The van der Waals surface area contributed by atoms with Crippen molar-refractivity contribution < 1.29 is 18.3 Å². The third-order valence-electron chi connectivity index (χ3n) is 4.94. The zero-order valence-electron chi connectivity index (χ0n) is 15.4. The van der Waals surface area contributed by atoms with Crippen molar-refractivity contribution >= 4 is 44.7 Å². The van der Waals surface area contributed by atoms with E-state index in [0.29, 0.717) is 27.5 Å². The SMILES string of the molecule is Cc1ccc(-c2c(C)c3c4c(Cl)cc(=O)[nH]c4ccc3n2C[C@@H](O)C(F)(F)F)s1. The highest BCUT2D eigenvalue weighted by Crippen LogP contribution is 2.41. The number of H-pyrrole nitrogens is 1. The van der Waals surface area contributed by atoms with Crippen LogP contribution in [0.15, 0.2) is 35.1 Å². The van der Waals surface area contributed by atoms with Crippen molar-refractivity contribution in [1.82, 2.24) is 9.55 Å². The molecule has 0 saturated carbocycles. The van der Waals surface area contributed by atoms with E-state index in [2.05, 4.69) is 4.98 Å². The number of fused-ring (bicyclic) bond motifs is 3. The molecule has 0 aliphatic heterocycles. The molecular weight excluding hydrogens is 425 g/mol. The highest BCUT2D eigenvalue weighted by atomic mass is 35.5. The summed E-state index contributed by atoms with van der Waals surface area (Å²) >= 11 is 7.80. The van der Waals surface area contributed by atoms with E-state index in [0.717, 1.165) is 15.3 Å². The fourth-order valence-corrected chi connectivity index (χ4v) is 4.97. The van der Waals surface area contributed by atoms with Crippen LogP contribution in [0, 0.1) is 13.8 Å². The second kappa shape index (κ2) is 6.90. The third-order valence-corrected chi connectivity index (χ3v) is 6.24. The summed E-state index contributed by atoms with van der Waals surface area (Å²) in [5.41, 5.74) is 1.97. The minimum Gasteiger partial charge on any atom is -0.382 e. The van der Waals surface area contributed by atoms with Gasteiger partial charge in [0.25, 0.3) is 0 Å². The molecule has 4 rings (SSSR count). The van der Waals surface area contributed by atoms with Gasteiger partial charge in [-0.05, 0) is 43.7 Å². The normalized spacial score (nSPS) is 13.5. The number of aliphatic hydroxyl groups is 1. The van der Waals surface area contributed by atoms with Gasteiger partial charge in [0.2, 0.25) is 5.56 Å². The summed E-state index contributed by atoms with van der Waals surface area (Å²) in [6.45, 7) is 3.08. The largest absolute Gasteiger partial charge is 0.416 e. The number of nitrogens with one attached hydrogen (secondary N) is 1. The molecule has 1 aromatic carbocycles. The zero-order chi connectivity index (χ0) is 21.1. The van der Waals surface area contributed by atoms with Crippen LogP contribution in [0.4, 0.5) is 13.2 Å². The van der Waals surface area contributed by atoms with Crippen LogP contribution in [0.1, 0.15) is 10.4 Å². The lowest BCUT2D eigenvalue weighted by Crippen LogP contribution is -2.32. The van der Waals surface area contributed by atoms with Gasteiger partial charge in [0.05, 0.1) is 27.7 Å². The molecule has 0 radical (unpaired) electrons. The maximum atomic E-state index is 13.1. The number of alkyl halides is 3. The summed E-state index contributed by atoms with van der Waals surface area (Å²) < 4.78 is 40.8. The van der Waals surface area contributed by atoms with E-state index in [-0.39, 0.29) is 10.6 Å². The molecule has 0 aliphatic carbocycles. The second-order valence-corrected chi connectivity index (χ2v) is 8.61. The molecule has 3 heterocycles. The topological polar surface area (TPSA) is 58.0 Å². The molecule has 0 saturated heterocycles. The lowest BCUT2D eigenvalue weighted by atomic mass is 10.1. The number of aryl methyl sites for hydroxylation is 2. The Bertz CT molecular complexity index is 1300. The monoisotopic (exact) mass is 440 g/mol. The van der Waals surface area contributed by atoms with Gasteiger partial charge in [-0.15, -0.1) is 11.3 Å². The fraction of sp³-hybridized carbons (Fsp3) is 0.250. The van der Waals surface area contributed by atoms with E-state index in [1.807, 2.05) is 26.0 Å². The van der Waals surface area contributed by atoms with Crippen LogP contribution >= 0.6 is 22.9 Å². The third kappa shape index (κ3) is 3.35. The van der Waals surface area contributed by atoms with Crippen molar-refractivity contribution in [1.29, 1.82) is 0 Å². The van der Waals surface area contributed by atoms with E-state index in [1.54, 1.807) is 12.1 Å². The van der Waals surface area contributed by atoms with Crippen molar-refractivity contribution in [2.45, 2.75) is 32.7 Å². The molecule has 1 atom stereocenters. The Morgan fingerprint density at radius 3 is 2.55 bits per heavy atom. The summed E-state index contributed by atoms with van der Waals surface area (Å²) in [6, 6.07) is 8.25. The number of aromatic nitrogens is 2. The van der Waals surface area contributed by atoms with E-state index < -0.39 is 18.8 Å². The van der Waals surface area contributed by atoms with Crippen LogP contribution in [0.3, 0.4) is 0 Å². The molecule has 0 unspecified atom stereocenters. The van der Waals surface area contributed by atoms with Gasteiger partial charge < -0.3 is 14.7 Å². The number of rotatable bonds is 3. The standard InChI is InChI=1S/C20H16ClF3N2O2S/c1-9-3-6-14(29-9)19-10(2)17-13(26(19)8-15(27)20(22,23)24)5-4-12-18(17)11(21)7-16(28)25-12/h3-7,15,27H,8H2,1-2H3,(H,25,28)/t15-/m1/s1. The molecule has 0 amide bonds. The number of hydrogen-bond donors (Lipinski definition) is 2. The van der Waals surface area contributed by atoms with Gasteiger partial charge in [0.15, 0.2) is 6.10 Å². The Morgan fingerprint density at radius 1 is 1.21 bits per heavy atom. The first-order valence-electron chi connectivity index (χ1n) is 8.74. The first-order chi connectivity index (χ1) is 13.6. The maximum absolute atomic E-state index is 13.1. The fourth-order valence-electron chi connectivity index (χ4n) is 3.69. The van der Waals surface area contributed by atoms with E-state index in [4.69, 9.17) is 11.6 Å². The number of aliphatic hydroxyl groups excluding tert-OH is 1. The Balaban J connectivity index is 2.11. The summed E-state index contributed by atoms with van der Waals surface area (Å²) in [6.07, 6.45) is -7.26. The summed E-state index contributed by atoms with van der Waals surface area (Å²) in [5, 5.41) is 11.2. The van der Waals surface area contributed by atoms with E-state index >= 15 is 0 Å².